The number of benzene rings is 1. The minimum atomic E-state index is -0.233. The van der Waals surface area contributed by atoms with Crippen LogP contribution in [-0.2, 0) is 25.5 Å². The Labute approximate surface area is 226 Å². The molecular formula is C33H40O5. The Morgan fingerprint density at radius 2 is 1.87 bits per heavy atom. The van der Waals surface area contributed by atoms with Crippen molar-refractivity contribution in [1.29, 1.82) is 0 Å². The number of carbonyl (C=O) groups excluding carboxylic acids is 2. The first-order valence-electron chi connectivity index (χ1n) is 14.4. The monoisotopic (exact) mass is 516 g/mol. The van der Waals surface area contributed by atoms with Crippen LogP contribution < -0.4 is 0 Å². The Morgan fingerprint density at radius 3 is 2.68 bits per heavy atom. The summed E-state index contributed by atoms with van der Waals surface area (Å²) >= 11 is 0. The van der Waals surface area contributed by atoms with Crippen LogP contribution in [0.1, 0.15) is 89.2 Å². The van der Waals surface area contributed by atoms with E-state index in [4.69, 9.17) is 9.47 Å². The van der Waals surface area contributed by atoms with Crippen molar-refractivity contribution in [3.63, 3.8) is 0 Å². The SMILES string of the molecule is C=C1C(=O)OC2C1CCC(C)=CCCC1(C)OC21.CC12CCC3C(=CCc4cc(O)ccc43)C1CCC2=O. The van der Waals surface area contributed by atoms with E-state index in [-0.39, 0.29) is 35.1 Å². The fraction of sp³-hybridized carbons (Fsp3) is 0.576. The Hall–Kier alpha value is -2.66. The number of esters is 1. The quantitative estimate of drug-likeness (QED) is 0.184. The van der Waals surface area contributed by atoms with Gasteiger partial charge in [0.1, 0.15) is 23.7 Å². The second kappa shape index (κ2) is 9.22. The molecule has 7 unspecified atom stereocenters. The Bertz CT molecular complexity index is 1260. The summed E-state index contributed by atoms with van der Waals surface area (Å²) in [5.74, 6) is 1.66. The molecule has 0 aromatic heterocycles. The van der Waals surface area contributed by atoms with Crippen LogP contribution in [0.25, 0.3) is 0 Å². The average molecular weight is 517 g/mol. The third-order valence-electron chi connectivity index (χ3n) is 10.5. The van der Waals surface area contributed by atoms with E-state index in [9.17, 15) is 14.7 Å². The van der Waals surface area contributed by atoms with E-state index in [2.05, 4.69) is 45.6 Å². The number of fused-ring (bicyclic) bond motifs is 8. The maximum atomic E-state index is 12.2. The van der Waals surface area contributed by atoms with Gasteiger partial charge in [-0.15, -0.1) is 0 Å². The van der Waals surface area contributed by atoms with Crippen LogP contribution in [0.4, 0.5) is 0 Å². The van der Waals surface area contributed by atoms with E-state index in [0.717, 1.165) is 57.8 Å². The molecule has 38 heavy (non-hydrogen) atoms. The molecule has 2 aliphatic heterocycles. The van der Waals surface area contributed by atoms with Crippen molar-refractivity contribution >= 4 is 11.8 Å². The molecule has 1 aromatic rings. The standard InChI is InChI=1S/C18H20O2.C15H20O3/c1-18-9-8-14-13-5-3-12(19)10-11(13)2-4-15(14)16(18)6-7-17(18)20;1-9-5-4-8-15(3)13(18-15)12-11(7-6-9)10(2)14(16)17-12/h3-5,10,14,16,19H,2,6-9H2,1H3;5,11-13H,2,4,6-8H2,1,3H3. The number of carbonyl (C=O) groups is 2. The van der Waals surface area contributed by atoms with Gasteiger partial charge in [0.05, 0.1) is 5.60 Å². The third-order valence-corrected chi connectivity index (χ3v) is 10.5. The smallest absolute Gasteiger partial charge is 0.334 e. The number of Topliss-reactive ketones (excluding diaryl/α,β-unsaturated/α-hetero) is 1. The number of hydrogen-bond donors (Lipinski definition) is 1. The predicted octanol–water partition coefficient (Wildman–Crippen LogP) is 6.50. The Balaban J connectivity index is 0.000000140. The summed E-state index contributed by atoms with van der Waals surface area (Å²) in [7, 11) is 0. The highest BCUT2D eigenvalue weighted by molar-refractivity contribution is 5.91. The number of phenolic OH excluding ortho intramolecular Hbond substituents is 1. The lowest BCUT2D eigenvalue weighted by atomic mass is 9.60. The number of ether oxygens (including phenoxy) is 2. The van der Waals surface area contributed by atoms with Crippen LogP contribution in [0.3, 0.4) is 0 Å². The minimum Gasteiger partial charge on any atom is -0.508 e. The number of ketones is 1. The molecule has 1 N–H and O–H groups in total. The second-order valence-electron chi connectivity index (χ2n) is 12.8. The van der Waals surface area contributed by atoms with Gasteiger partial charge in [-0.25, -0.2) is 4.79 Å². The van der Waals surface area contributed by atoms with Gasteiger partial charge in [-0.2, -0.15) is 0 Å². The molecule has 0 amide bonds. The second-order valence-corrected chi connectivity index (χ2v) is 12.8. The van der Waals surface area contributed by atoms with Gasteiger partial charge in [-0.1, -0.05) is 42.9 Å². The highest BCUT2D eigenvalue weighted by atomic mass is 16.6. The number of aromatic hydroxyl groups is 1. The van der Waals surface area contributed by atoms with Crippen molar-refractivity contribution in [2.45, 2.75) is 102 Å². The molecule has 5 heteroatoms. The molecule has 0 spiro atoms. The van der Waals surface area contributed by atoms with E-state index in [1.165, 1.54) is 22.3 Å². The molecule has 202 valence electrons. The number of hydrogen-bond acceptors (Lipinski definition) is 5. The zero-order chi connectivity index (χ0) is 26.8. The molecule has 2 saturated heterocycles. The summed E-state index contributed by atoms with van der Waals surface area (Å²) in [6.45, 7) is 10.4. The third kappa shape index (κ3) is 4.18. The van der Waals surface area contributed by atoms with Gasteiger partial charge in [-0.3, -0.25) is 4.79 Å². The van der Waals surface area contributed by atoms with Crippen molar-refractivity contribution in [2.24, 2.45) is 17.3 Å². The van der Waals surface area contributed by atoms with Gasteiger partial charge < -0.3 is 14.6 Å². The van der Waals surface area contributed by atoms with Crippen molar-refractivity contribution in [3.05, 3.63) is 64.8 Å². The molecule has 7 atom stereocenters. The van der Waals surface area contributed by atoms with E-state index in [0.29, 0.717) is 28.9 Å². The zero-order valence-electron chi connectivity index (χ0n) is 22.9. The highest BCUT2D eigenvalue weighted by Gasteiger charge is 2.61. The molecule has 0 bridgehead atoms. The summed E-state index contributed by atoms with van der Waals surface area (Å²) in [5.41, 5.74) is 5.95. The first kappa shape index (κ1) is 25.6. The molecule has 6 aliphatic rings. The van der Waals surface area contributed by atoms with Crippen molar-refractivity contribution < 1.29 is 24.2 Å². The lowest BCUT2D eigenvalue weighted by Crippen LogP contribution is -2.37. The fourth-order valence-electron chi connectivity index (χ4n) is 7.94. The van der Waals surface area contributed by atoms with Gasteiger partial charge in [0.25, 0.3) is 0 Å². The number of allylic oxidation sites excluding steroid dienone is 4. The molecular weight excluding hydrogens is 476 g/mol. The molecule has 5 nitrogen and oxygen atoms in total. The average Bonchev–Trinajstić information content (AvgIpc) is 3.34. The summed E-state index contributed by atoms with van der Waals surface area (Å²) in [6, 6.07) is 5.79. The highest BCUT2D eigenvalue weighted by Crippen LogP contribution is 2.58. The first-order chi connectivity index (χ1) is 18.1. The fourth-order valence-corrected chi connectivity index (χ4v) is 7.94. The van der Waals surface area contributed by atoms with Crippen LogP contribution in [0.15, 0.2) is 53.6 Å². The predicted molar refractivity (Wildman–Crippen MR) is 146 cm³/mol. The summed E-state index contributed by atoms with van der Waals surface area (Å²) in [4.78, 5) is 23.9. The largest absolute Gasteiger partial charge is 0.508 e. The Kier molecular flexibility index (Phi) is 6.21. The number of phenols is 1. The summed E-state index contributed by atoms with van der Waals surface area (Å²) in [5, 5.41) is 9.64. The zero-order valence-corrected chi connectivity index (χ0v) is 22.9. The number of epoxide rings is 1. The first-order valence-corrected chi connectivity index (χ1v) is 14.4. The molecule has 2 saturated carbocycles. The molecule has 2 heterocycles. The topological polar surface area (TPSA) is 76.1 Å². The number of rotatable bonds is 0. The molecule has 7 rings (SSSR count). The van der Waals surface area contributed by atoms with Gasteiger partial charge in [0, 0.05) is 29.2 Å². The molecule has 4 fully saturated rings. The minimum absolute atomic E-state index is 0.0671. The maximum Gasteiger partial charge on any atom is 0.334 e. The van der Waals surface area contributed by atoms with Gasteiger partial charge in [0.15, 0.2) is 0 Å². The molecule has 0 radical (unpaired) electrons. The van der Waals surface area contributed by atoms with Gasteiger partial charge in [0.2, 0.25) is 0 Å². The summed E-state index contributed by atoms with van der Waals surface area (Å²) < 4.78 is 11.3. The molecule has 1 aromatic carbocycles. The Morgan fingerprint density at radius 1 is 1.05 bits per heavy atom. The maximum absolute atomic E-state index is 12.2. The van der Waals surface area contributed by atoms with Crippen molar-refractivity contribution in [2.75, 3.05) is 0 Å². The van der Waals surface area contributed by atoms with E-state index < -0.39 is 0 Å². The summed E-state index contributed by atoms with van der Waals surface area (Å²) in [6.07, 6.45) is 13.4. The van der Waals surface area contributed by atoms with Gasteiger partial charge >= 0.3 is 5.97 Å². The van der Waals surface area contributed by atoms with Crippen LogP contribution in [0.5, 0.6) is 5.75 Å². The van der Waals surface area contributed by atoms with E-state index >= 15 is 0 Å². The van der Waals surface area contributed by atoms with Crippen molar-refractivity contribution in [3.8, 4) is 5.75 Å². The van der Waals surface area contributed by atoms with E-state index in [1.54, 1.807) is 6.07 Å². The normalized spacial score (nSPS) is 39.1. The van der Waals surface area contributed by atoms with E-state index in [1.807, 2.05) is 6.07 Å². The molecule has 4 aliphatic carbocycles. The van der Waals surface area contributed by atoms with Crippen LogP contribution >= 0.6 is 0 Å². The van der Waals surface area contributed by atoms with Gasteiger partial charge in [-0.05, 0) is 94.4 Å². The van der Waals surface area contributed by atoms with Crippen LogP contribution in [0.2, 0.25) is 0 Å². The van der Waals surface area contributed by atoms with Crippen LogP contribution in [-0.4, -0.2) is 34.7 Å². The van der Waals surface area contributed by atoms with Crippen molar-refractivity contribution in [1.82, 2.24) is 0 Å². The van der Waals surface area contributed by atoms with Crippen LogP contribution in [0, 0.1) is 17.3 Å². The lowest BCUT2D eigenvalue weighted by Gasteiger charge is -2.43. The lowest BCUT2D eigenvalue weighted by molar-refractivity contribution is -0.140.